The summed E-state index contributed by atoms with van der Waals surface area (Å²) in [6.07, 6.45) is 2.00. The molecule has 0 fully saturated rings. The quantitative estimate of drug-likeness (QED) is 0.845. The van der Waals surface area contributed by atoms with E-state index in [1.54, 1.807) is 0 Å². The number of sulfone groups is 1. The molecule has 25 heavy (non-hydrogen) atoms. The second-order valence-corrected chi connectivity index (χ2v) is 8.93. The predicted molar refractivity (Wildman–Crippen MR) is 99.2 cm³/mol. The maximum absolute atomic E-state index is 12.8. The molecular weight excluding hydrogens is 334 g/mol. The number of hydrogen-bond acceptors (Lipinski definition) is 3. The summed E-state index contributed by atoms with van der Waals surface area (Å²) < 4.78 is 22.9. The topological polar surface area (TPSA) is 54.5 Å². The summed E-state index contributed by atoms with van der Waals surface area (Å²) in [5.41, 5.74) is 4.62. The van der Waals surface area contributed by atoms with Gasteiger partial charge in [0.25, 0.3) is 0 Å². The lowest BCUT2D eigenvalue weighted by Crippen LogP contribution is -2.41. The van der Waals surface area contributed by atoms with Crippen LogP contribution < -0.4 is 0 Å². The Kier molecular flexibility index (Phi) is 4.95. The van der Waals surface area contributed by atoms with Gasteiger partial charge in [-0.3, -0.25) is 4.79 Å². The van der Waals surface area contributed by atoms with Crippen LogP contribution in [0.15, 0.2) is 48.5 Å². The second kappa shape index (κ2) is 7.00. The summed E-state index contributed by atoms with van der Waals surface area (Å²) in [4.78, 5) is 14.7. The van der Waals surface area contributed by atoms with E-state index in [0.717, 1.165) is 23.1 Å². The Labute approximate surface area is 149 Å². The first-order valence-corrected chi connectivity index (χ1v) is 10.5. The van der Waals surface area contributed by atoms with Crippen LogP contribution in [-0.4, -0.2) is 37.8 Å². The normalized spacial score (nSPS) is 17.2. The number of fused-ring (bicyclic) bond motifs is 1. The maximum Gasteiger partial charge on any atom is 0.224 e. The van der Waals surface area contributed by atoms with E-state index < -0.39 is 9.84 Å². The van der Waals surface area contributed by atoms with Gasteiger partial charge in [-0.1, -0.05) is 48.5 Å². The molecule has 0 N–H and O–H groups in total. The van der Waals surface area contributed by atoms with E-state index in [-0.39, 0.29) is 24.1 Å². The molecule has 0 bridgehead atoms. The van der Waals surface area contributed by atoms with Crippen molar-refractivity contribution >= 4 is 15.7 Å². The first kappa shape index (κ1) is 17.7. The Morgan fingerprint density at radius 2 is 1.72 bits per heavy atom. The molecule has 1 unspecified atom stereocenters. The number of amides is 1. The Morgan fingerprint density at radius 3 is 2.40 bits per heavy atom. The summed E-state index contributed by atoms with van der Waals surface area (Å²) in [5, 5.41) is 0. The van der Waals surface area contributed by atoms with Gasteiger partial charge in [0.2, 0.25) is 5.91 Å². The van der Waals surface area contributed by atoms with Crippen LogP contribution in [0.4, 0.5) is 0 Å². The summed E-state index contributed by atoms with van der Waals surface area (Å²) in [6, 6.07) is 16.1. The van der Waals surface area contributed by atoms with Crippen LogP contribution in [0.1, 0.15) is 34.7 Å². The highest BCUT2D eigenvalue weighted by molar-refractivity contribution is 7.90. The van der Waals surface area contributed by atoms with Gasteiger partial charge in [-0.15, -0.1) is 0 Å². The van der Waals surface area contributed by atoms with Crippen molar-refractivity contribution in [3.05, 3.63) is 70.8 Å². The highest BCUT2D eigenvalue weighted by Crippen LogP contribution is 2.36. The zero-order chi connectivity index (χ0) is 18.0. The summed E-state index contributed by atoms with van der Waals surface area (Å²) >= 11 is 0. The predicted octanol–water partition coefficient (Wildman–Crippen LogP) is 2.90. The number of carbonyl (C=O) groups is 1. The van der Waals surface area contributed by atoms with Gasteiger partial charge in [0.15, 0.2) is 0 Å². The Bertz CT molecular complexity index is 889. The fourth-order valence-electron chi connectivity index (χ4n) is 3.48. The third-order valence-corrected chi connectivity index (χ3v) is 5.72. The average Bonchev–Trinajstić information content (AvgIpc) is 2.59. The van der Waals surface area contributed by atoms with Crippen molar-refractivity contribution in [3.8, 4) is 0 Å². The van der Waals surface area contributed by atoms with E-state index in [1.165, 1.54) is 11.8 Å². The molecule has 0 saturated heterocycles. The van der Waals surface area contributed by atoms with Gasteiger partial charge in [0.1, 0.15) is 9.84 Å². The fourth-order valence-corrected chi connectivity index (χ4v) is 4.03. The van der Waals surface area contributed by atoms with E-state index in [4.69, 9.17) is 0 Å². The lowest BCUT2D eigenvalue weighted by Gasteiger charge is -2.38. The fraction of sp³-hybridized carbons (Fsp3) is 0.350. The van der Waals surface area contributed by atoms with E-state index in [0.29, 0.717) is 6.54 Å². The molecule has 0 saturated carbocycles. The van der Waals surface area contributed by atoms with E-state index in [1.807, 2.05) is 42.2 Å². The number of aryl methyl sites for hydroxylation is 1. The molecule has 0 spiro atoms. The highest BCUT2D eigenvalue weighted by atomic mass is 32.2. The molecule has 1 amide bonds. The van der Waals surface area contributed by atoms with Crippen LogP contribution in [0.3, 0.4) is 0 Å². The molecular formula is C20H23NO3S. The zero-order valence-electron chi connectivity index (χ0n) is 14.6. The smallest absolute Gasteiger partial charge is 0.224 e. The van der Waals surface area contributed by atoms with Gasteiger partial charge in [0, 0.05) is 19.2 Å². The Balaban J connectivity index is 2.00. The lowest BCUT2D eigenvalue weighted by molar-refractivity contribution is -0.132. The first-order chi connectivity index (χ1) is 11.9. The van der Waals surface area contributed by atoms with Gasteiger partial charge < -0.3 is 4.90 Å². The van der Waals surface area contributed by atoms with Crippen LogP contribution in [0, 0.1) is 6.92 Å². The molecule has 2 aromatic carbocycles. The largest absolute Gasteiger partial charge is 0.331 e. The van der Waals surface area contributed by atoms with Gasteiger partial charge in [-0.05, 0) is 35.6 Å². The monoisotopic (exact) mass is 357 g/mol. The number of benzene rings is 2. The third kappa shape index (κ3) is 3.93. The van der Waals surface area contributed by atoms with Crippen LogP contribution in [-0.2, 0) is 21.1 Å². The van der Waals surface area contributed by atoms with Crippen molar-refractivity contribution in [3.63, 3.8) is 0 Å². The van der Waals surface area contributed by atoms with Crippen LogP contribution >= 0.6 is 0 Å². The average molecular weight is 357 g/mol. The standard InChI is InChI=1S/C20H23NO3S/c1-15-7-3-5-9-17(15)20-18-10-6-4-8-16(18)11-13-21(20)19(22)12-14-25(2,23)24/h3-10,20H,11-14H2,1-2H3. The minimum atomic E-state index is -3.16. The van der Waals surface area contributed by atoms with Crippen molar-refractivity contribution in [1.82, 2.24) is 4.90 Å². The second-order valence-electron chi connectivity index (χ2n) is 6.67. The Morgan fingerprint density at radius 1 is 1.08 bits per heavy atom. The van der Waals surface area contributed by atoms with Gasteiger partial charge >= 0.3 is 0 Å². The number of nitrogens with zero attached hydrogens (tertiary/aromatic N) is 1. The molecule has 5 heteroatoms. The number of rotatable bonds is 4. The van der Waals surface area contributed by atoms with Gasteiger partial charge in [-0.25, -0.2) is 8.42 Å². The maximum atomic E-state index is 12.8. The molecule has 2 aromatic rings. The van der Waals surface area contributed by atoms with Crippen molar-refractivity contribution < 1.29 is 13.2 Å². The SMILES string of the molecule is Cc1ccccc1C1c2ccccc2CCN1C(=O)CCS(C)(=O)=O. The minimum absolute atomic E-state index is 0.0311. The molecule has 0 aliphatic carbocycles. The van der Waals surface area contributed by atoms with Crippen molar-refractivity contribution in [2.75, 3.05) is 18.6 Å². The highest BCUT2D eigenvalue weighted by Gasteiger charge is 2.32. The molecule has 1 aliphatic rings. The molecule has 3 rings (SSSR count). The van der Waals surface area contributed by atoms with Crippen LogP contribution in [0.25, 0.3) is 0 Å². The summed E-state index contributed by atoms with van der Waals surface area (Å²) in [7, 11) is -3.16. The van der Waals surface area contributed by atoms with Crippen molar-refractivity contribution in [2.24, 2.45) is 0 Å². The molecule has 1 heterocycles. The van der Waals surface area contributed by atoms with Gasteiger partial charge in [-0.2, -0.15) is 0 Å². The molecule has 1 aliphatic heterocycles. The van der Waals surface area contributed by atoms with E-state index >= 15 is 0 Å². The third-order valence-electron chi connectivity index (χ3n) is 4.77. The van der Waals surface area contributed by atoms with Crippen LogP contribution in [0.2, 0.25) is 0 Å². The Hall–Kier alpha value is -2.14. The lowest BCUT2D eigenvalue weighted by atomic mass is 9.86. The number of carbonyl (C=O) groups excluding carboxylic acids is 1. The molecule has 0 radical (unpaired) electrons. The van der Waals surface area contributed by atoms with Gasteiger partial charge in [0.05, 0.1) is 11.8 Å². The zero-order valence-corrected chi connectivity index (χ0v) is 15.4. The molecule has 0 aromatic heterocycles. The van der Waals surface area contributed by atoms with Crippen molar-refractivity contribution in [2.45, 2.75) is 25.8 Å². The van der Waals surface area contributed by atoms with Crippen LogP contribution in [0.5, 0.6) is 0 Å². The minimum Gasteiger partial charge on any atom is -0.331 e. The molecule has 1 atom stereocenters. The van der Waals surface area contributed by atoms with E-state index in [2.05, 4.69) is 18.2 Å². The van der Waals surface area contributed by atoms with Crippen molar-refractivity contribution in [1.29, 1.82) is 0 Å². The summed E-state index contributed by atoms with van der Waals surface area (Å²) in [6.45, 7) is 2.66. The molecule has 132 valence electrons. The first-order valence-electron chi connectivity index (χ1n) is 8.47. The van der Waals surface area contributed by atoms with E-state index in [9.17, 15) is 13.2 Å². The molecule has 4 nitrogen and oxygen atoms in total. The number of hydrogen-bond donors (Lipinski definition) is 0. The summed E-state index contributed by atoms with van der Waals surface area (Å²) in [5.74, 6) is -0.210.